The van der Waals surface area contributed by atoms with Crippen molar-refractivity contribution in [2.45, 2.75) is 79.1 Å². The van der Waals surface area contributed by atoms with Gasteiger partial charge in [-0.05, 0) is 32.7 Å². The molecule has 0 aromatic heterocycles. The van der Waals surface area contributed by atoms with Crippen LogP contribution in [0.3, 0.4) is 0 Å². The molecule has 1 unspecified atom stereocenters. The van der Waals surface area contributed by atoms with Crippen LogP contribution in [-0.2, 0) is 4.79 Å². The van der Waals surface area contributed by atoms with Crippen LogP contribution >= 0.6 is 0 Å². The predicted molar refractivity (Wildman–Crippen MR) is 77.2 cm³/mol. The molecule has 0 spiro atoms. The van der Waals surface area contributed by atoms with Crippen LogP contribution in [0.5, 0.6) is 0 Å². The van der Waals surface area contributed by atoms with E-state index in [1.54, 1.807) is 6.92 Å². The highest BCUT2D eigenvalue weighted by Crippen LogP contribution is 2.18. The molecule has 0 fully saturated rings. The maximum atomic E-state index is 11.3. The van der Waals surface area contributed by atoms with E-state index in [9.17, 15) is 4.79 Å². The first kappa shape index (κ1) is 19.0. The molecule has 17 heavy (non-hydrogen) atoms. The lowest BCUT2D eigenvalue weighted by molar-refractivity contribution is -0.121. The summed E-state index contributed by atoms with van der Waals surface area (Å²) in [4.78, 5) is 11.3. The maximum Gasteiger partial charge on any atom is 0.132 e. The van der Waals surface area contributed by atoms with E-state index in [1.807, 2.05) is 13.8 Å². The molecular formula is C15H33NO. The summed E-state index contributed by atoms with van der Waals surface area (Å²) in [5.41, 5.74) is 5.43. The molecule has 0 aliphatic heterocycles. The van der Waals surface area contributed by atoms with Crippen molar-refractivity contribution < 1.29 is 4.79 Å². The Morgan fingerprint density at radius 2 is 1.53 bits per heavy atom. The second-order valence-electron chi connectivity index (χ2n) is 4.44. The zero-order valence-corrected chi connectivity index (χ0v) is 12.4. The third-order valence-corrected chi connectivity index (χ3v) is 2.99. The van der Waals surface area contributed by atoms with Gasteiger partial charge in [0.15, 0.2) is 0 Å². The summed E-state index contributed by atoms with van der Waals surface area (Å²) >= 11 is 0. The number of carbonyl (C=O) groups is 1. The van der Waals surface area contributed by atoms with Crippen LogP contribution in [0.4, 0.5) is 0 Å². The molecule has 0 saturated heterocycles. The number of ketones is 1. The Morgan fingerprint density at radius 3 is 2.00 bits per heavy atom. The Labute approximate surface area is 108 Å². The molecule has 0 rings (SSSR count). The topological polar surface area (TPSA) is 43.1 Å². The van der Waals surface area contributed by atoms with Crippen molar-refractivity contribution >= 4 is 5.78 Å². The summed E-state index contributed by atoms with van der Waals surface area (Å²) in [5, 5.41) is 0. The minimum atomic E-state index is 0.322. The van der Waals surface area contributed by atoms with Gasteiger partial charge in [0.1, 0.15) is 5.78 Å². The lowest BCUT2D eigenvalue weighted by Gasteiger charge is -2.12. The molecule has 0 radical (unpaired) electrons. The molecule has 0 aromatic rings. The van der Waals surface area contributed by atoms with E-state index in [0.717, 1.165) is 25.8 Å². The van der Waals surface area contributed by atoms with Crippen molar-refractivity contribution in [2.24, 2.45) is 11.7 Å². The molecule has 1 atom stereocenters. The van der Waals surface area contributed by atoms with Gasteiger partial charge >= 0.3 is 0 Å². The van der Waals surface area contributed by atoms with Crippen molar-refractivity contribution in [3.05, 3.63) is 0 Å². The molecule has 0 aromatic carbocycles. The fourth-order valence-corrected chi connectivity index (χ4v) is 1.89. The zero-order valence-electron chi connectivity index (χ0n) is 12.4. The average molecular weight is 243 g/mol. The van der Waals surface area contributed by atoms with Crippen molar-refractivity contribution in [3.63, 3.8) is 0 Å². The largest absolute Gasteiger partial charge is 0.330 e. The average Bonchev–Trinajstić information content (AvgIpc) is 2.35. The summed E-state index contributed by atoms with van der Waals surface area (Å²) in [6, 6.07) is 0. The fraction of sp³-hybridized carbons (Fsp3) is 0.933. The minimum absolute atomic E-state index is 0.322. The highest BCUT2D eigenvalue weighted by atomic mass is 16.1. The molecular weight excluding hydrogens is 210 g/mol. The Bertz CT molecular complexity index is 157. The quantitative estimate of drug-likeness (QED) is 0.581. The van der Waals surface area contributed by atoms with E-state index >= 15 is 0 Å². The van der Waals surface area contributed by atoms with Gasteiger partial charge in [-0.3, -0.25) is 4.79 Å². The van der Waals surface area contributed by atoms with Gasteiger partial charge in [-0.25, -0.2) is 0 Å². The van der Waals surface area contributed by atoms with Gasteiger partial charge in [0.2, 0.25) is 0 Å². The highest BCUT2D eigenvalue weighted by molar-refractivity contribution is 5.78. The normalized spacial score (nSPS) is 11.6. The van der Waals surface area contributed by atoms with Crippen molar-refractivity contribution in [1.82, 2.24) is 0 Å². The molecule has 0 saturated carbocycles. The van der Waals surface area contributed by atoms with Crippen LogP contribution < -0.4 is 5.73 Å². The maximum absolute atomic E-state index is 11.3. The zero-order chi connectivity index (χ0) is 13.5. The molecule has 0 bridgehead atoms. The van der Waals surface area contributed by atoms with Gasteiger partial charge in [-0.1, -0.05) is 52.9 Å². The molecule has 2 N–H and O–H groups in total. The second-order valence-corrected chi connectivity index (χ2v) is 4.44. The Balaban J connectivity index is 0. The molecule has 0 aliphatic carbocycles. The number of hydrogen-bond acceptors (Lipinski definition) is 2. The molecule has 0 heterocycles. The van der Waals surface area contributed by atoms with Gasteiger partial charge in [-0.2, -0.15) is 0 Å². The van der Waals surface area contributed by atoms with Gasteiger partial charge in [0.05, 0.1) is 0 Å². The van der Waals surface area contributed by atoms with E-state index in [0.29, 0.717) is 11.7 Å². The monoisotopic (exact) mass is 243 g/mol. The van der Waals surface area contributed by atoms with Crippen LogP contribution in [0, 0.1) is 5.92 Å². The summed E-state index contributed by atoms with van der Waals surface area (Å²) < 4.78 is 0. The number of rotatable bonds is 10. The first-order valence-corrected chi connectivity index (χ1v) is 7.42. The van der Waals surface area contributed by atoms with Crippen LogP contribution in [0.25, 0.3) is 0 Å². The number of carbonyl (C=O) groups excluding carboxylic acids is 1. The number of Topliss-reactive ketones (excluding diaryl/α,β-unsaturated/α-hetero) is 1. The van der Waals surface area contributed by atoms with E-state index < -0.39 is 0 Å². The fourth-order valence-electron chi connectivity index (χ4n) is 1.89. The first-order valence-electron chi connectivity index (χ1n) is 7.42. The van der Waals surface area contributed by atoms with Crippen LogP contribution in [-0.4, -0.2) is 12.3 Å². The van der Waals surface area contributed by atoms with E-state index in [1.165, 1.54) is 32.1 Å². The first-order chi connectivity index (χ1) is 8.22. The predicted octanol–water partition coefficient (Wildman–Crippen LogP) is 4.32. The summed E-state index contributed by atoms with van der Waals surface area (Å²) in [6.45, 7) is 8.71. The SMILES string of the molecule is CC.CCCCC(CCCCCCN)C(C)=O. The van der Waals surface area contributed by atoms with Crippen molar-refractivity contribution in [1.29, 1.82) is 0 Å². The lowest BCUT2D eigenvalue weighted by Crippen LogP contribution is -2.10. The number of hydrogen-bond donors (Lipinski definition) is 1. The van der Waals surface area contributed by atoms with Crippen molar-refractivity contribution in [3.8, 4) is 0 Å². The highest BCUT2D eigenvalue weighted by Gasteiger charge is 2.12. The summed E-state index contributed by atoms with van der Waals surface area (Å²) in [7, 11) is 0. The molecule has 2 heteroatoms. The smallest absolute Gasteiger partial charge is 0.132 e. The third kappa shape index (κ3) is 13.6. The molecule has 104 valence electrons. The van der Waals surface area contributed by atoms with Crippen LogP contribution in [0.2, 0.25) is 0 Å². The van der Waals surface area contributed by atoms with Crippen molar-refractivity contribution in [2.75, 3.05) is 6.54 Å². The van der Waals surface area contributed by atoms with Crippen LogP contribution in [0.15, 0.2) is 0 Å². The van der Waals surface area contributed by atoms with E-state index in [2.05, 4.69) is 6.92 Å². The summed E-state index contributed by atoms with van der Waals surface area (Å²) in [6.07, 6.45) is 9.31. The molecule has 2 nitrogen and oxygen atoms in total. The molecule has 0 aliphatic rings. The Kier molecular flexibility index (Phi) is 17.5. The van der Waals surface area contributed by atoms with E-state index in [-0.39, 0.29) is 0 Å². The Morgan fingerprint density at radius 1 is 1.00 bits per heavy atom. The minimum Gasteiger partial charge on any atom is -0.330 e. The van der Waals surface area contributed by atoms with Gasteiger partial charge in [0, 0.05) is 5.92 Å². The Hall–Kier alpha value is -0.370. The van der Waals surface area contributed by atoms with Crippen LogP contribution in [0.1, 0.15) is 79.1 Å². The second kappa shape index (κ2) is 15.6. The van der Waals surface area contributed by atoms with Gasteiger partial charge in [0.25, 0.3) is 0 Å². The lowest BCUT2D eigenvalue weighted by atomic mass is 9.92. The standard InChI is InChI=1S/C13H27NO.C2H6/c1-3-4-9-13(12(2)15)10-7-5-6-8-11-14;1-2/h13H,3-11,14H2,1-2H3;1-2H3. The van der Waals surface area contributed by atoms with Gasteiger partial charge in [-0.15, -0.1) is 0 Å². The number of nitrogens with two attached hydrogens (primary N) is 1. The van der Waals surface area contributed by atoms with Gasteiger partial charge < -0.3 is 5.73 Å². The van der Waals surface area contributed by atoms with E-state index in [4.69, 9.17) is 5.73 Å². The molecule has 0 amide bonds. The third-order valence-electron chi connectivity index (χ3n) is 2.99. The summed E-state index contributed by atoms with van der Waals surface area (Å²) in [5.74, 6) is 0.699. The number of unbranched alkanes of at least 4 members (excludes halogenated alkanes) is 4.